The van der Waals surface area contributed by atoms with E-state index >= 15 is 0 Å². The summed E-state index contributed by atoms with van der Waals surface area (Å²) in [5.41, 5.74) is 0.879. The first kappa shape index (κ1) is 12.6. The van der Waals surface area contributed by atoms with Crippen LogP contribution in [0.25, 0.3) is 0 Å². The average Bonchev–Trinajstić information content (AvgIpc) is 2.32. The van der Waals surface area contributed by atoms with Gasteiger partial charge < -0.3 is 4.74 Å². The maximum absolute atomic E-state index is 13.7. The number of ether oxygens (including phenoxy) is 1. The molecule has 0 N–H and O–H groups in total. The van der Waals surface area contributed by atoms with Crippen LogP contribution >= 0.6 is 31.9 Å². The van der Waals surface area contributed by atoms with Gasteiger partial charge in [-0.2, -0.15) is 0 Å². The fourth-order valence-corrected chi connectivity index (χ4v) is 2.09. The van der Waals surface area contributed by atoms with Crippen molar-refractivity contribution < 1.29 is 9.13 Å². The molecule has 4 heteroatoms. The number of hydrogen-bond acceptors (Lipinski definition) is 1. The molecule has 88 valence electrons. The van der Waals surface area contributed by atoms with E-state index < -0.39 is 0 Å². The lowest BCUT2D eigenvalue weighted by molar-refractivity contribution is 0.441. The third kappa shape index (κ3) is 3.30. The van der Waals surface area contributed by atoms with Gasteiger partial charge in [-0.1, -0.05) is 44.0 Å². The summed E-state index contributed by atoms with van der Waals surface area (Å²) < 4.78 is 20.0. The Morgan fingerprint density at radius 3 is 2.59 bits per heavy atom. The summed E-state index contributed by atoms with van der Waals surface area (Å²) in [5, 5.41) is 0.626. The molecule has 0 aliphatic rings. The zero-order valence-electron chi connectivity index (χ0n) is 8.79. The normalized spacial score (nSPS) is 10.3. The summed E-state index contributed by atoms with van der Waals surface area (Å²) in [5.74, 6) is 0.472. The van der Waals surface area contributed by atoms with Crippen LogP contribution in [0, 0.1) is 5.82 Å². The predicted octanol–water partition coefficient (Wildman–Crippen LogP) is 5.28. The summed E-state index contributed by atoms with van der Waals surface area (Å²) in [4.78, 5) is 0. The van der Waals surface area contributed by atoms with Crippen LogP contribution in [0.15, 0.2) is 46.9 Å². The maximum Gasteiger partial charge on any atom is 0.166 e. The summed E-state index contributed by atoms with van der Waals surface area (Å²) in [6.45, 7) is 0. The van der Waals surface area contributed by atoms with E-state index in [4.69, 9.17) is 4.74 Å². The number of alkyl halides is 1. The van der Waals surface area contributed by atoms with E-state index in [9.17, 15) is 4.39 Å². The molecule has 0 unspecified atom stereocenters. The second kappa shape index (κ2) is 5.65. The van der Waals surface area contributed by atoms with Crippen LogP contribution in [0.5, 0.6) is 11.5 Å². The molecule has 0 amide bonds. The van der Waals surface area contributed by atoms with Gasteiger partial charge in [0.25, 0.3) is 0 Å². The Hall–Kier alpha value is -0.870. The van der Waals surface area contributed by atoms with Crippen LogP contribution in [0.1, 0.15) is 5.56 Å². The third-order valence-corrected chi connectivity index (χ3v) is 3.32. The molecule has 0 saturated heterocycles. The van der Waals surface area contributed by atoms with Crippen molar-refractivity contribution in [3.8, 4) is 11.5 Å². The van der Waals surface area contributed by atoms with Gasteiger partial charge in [-0.05, 0) is 35.9 Å². The summed E-state index contributed by atoms with van der Waals surface area (Å²) >= 11 is 6.62. The predicted molar refractivity (Wildman–Crippen MR) is 73.2 cm³/mol. The Kier molecular flexibility index (Phi) is 4.18. The van der Waals surface area contributed by atoms with Gasteiger partial charge in [-0.3, -0.25) is 0 Å². The monoisotopic (exact) mass is 358 g/mol. The SMILES string of the molecule is Fc1cc(CBr)ccc1Oc1cccc(Br)c1. The summed E-state index contributed by atoms with van der Waals surface area (Å²) in [7, 11) is 0. The van der Waals surface area contributed by atoms with Crippen LogP contribution < -0.4 is 4.74 Å². The fourth-order valence-electron chi connectivity index (χ4n) is 1.37. The van der Waals surface area contributed by atoms with Crippen molar-refractivity contribution in [1.29, 1.82) is 0 Å². The zero-order chi connectivity index (χ0) is 12.3. The molecule has 0 saturated carbocycles. The Morgan fingerprint density at radius 1 is 1.12 bits per heavy atom. The molecular formula is C13H9Br2FO. The van der Waals surface area contributed by atoms with Crippen molar-refractivity contribution in [3.05, 3.63) is 58.3 Å². The second-order valence-electron chi connectivity index (χ2n) is 3.46. The minimum atomic E-state index is -0.359. The number of hydrogen-bond donors (Lipinski definition) is 0. The van der Waals surface area contributed by atoms with Crippen molar-refractivity contribution >= 4 is 31.9 Å². The van der Waals surface area contributed by atoms with Crippen LogP contribution in [0.2, 0.25) is 0 Å². The van der Waals surface area contributed by atoms with Gasteiger partial charge in [0.15, 0.2) is 11.6 Å². The lowest BCUT2D eigenvalue weighted by atomic mass is 10.2. The van der Waals surface area contributed by atoms with Gasteiger partial charge in [-0.15, -0.1) is 0 Å². The smallest absolute Gasteiger partial charge is 0.166 e. The van der Waals surface area contributed by atoms with E-state index in [1.165, 1.54) is 6.07 Å². The topological polar surface area (TPSA) is 9.23 Å². The molecule has 0 bridgehead atoms. The van der Waals surface area contributed by atoms with Crippen molar-refractivity contribution in [1.82, 2.24) is 0 Å². The van der Waals surface area contributed by atoms with E-state index in [-0.39, 0.29) is 11.6 Å². The molecule has 0 atom stereocenters. The molecule has 2 aromatic rings. The Morgan fingerprint density at radius 2 is 1.94 bits per heavy atom. The van der Waals surface area contributed by atoms with Crippen LogP contribution in [-0.2, 0) is 5.33 Å². The van der Waals surface area contributed by atoms with Gasteiger partial charge in [-0.25, -0.2) is 4.39 Å². The largest absolute Gasteiger partial charge is 0.454 e. The minimum absolute atomic E-state index is 0.229. The van der Waals surface area contributed by atoms with Crippen LogP contribution in [0.3, 0.4) is 0 Å². The highest BCUT2D eigenvalue weighted by Crippen LogP contribution is 2.27. The standard InChI is InChI=1S/C13H9Br2FO/c14-8-9-4-5-13(12(16)6-9)17-11-3-1-2-10(15)7-11/h1-7H,8H2. The first-order valence-corrected chi connectivity index (χ1v) is 6.88. The van der Waals surface area contributed by atoms with Crippen LogP contribution in [0.4, 0.5) is 4.39 Å². The average molecular weight is 360 g/mol. The molecular weight excluding hydrogens is 351 g/mol. The van der Waals surface area contributed by atoms with Crippen LogP contribution in [-0.4, -0.2) is 0 Å². The molecule has 0 heterocycles. The highest BCUT2D eigenvalue weighted by molar-refractivity contribution is 9.10. The van der Waals surface area contributed by atoms with E-state index in [2.05, 4.69) is 31.9 Å². The molecule has 0 aromatic heterocycles. The van der Waals surface area contributed by atoms with Crippen molar-refractivity contribution in [2.24, 2.45) is 0 Å². The Labute approximate surface area is 116 Å². The minimum Gasteiger partial charge on any atom is -0.454 e. The van der Waals surface area contributed by atoms with E-state index in [0.29, 0.717) is 11.1 Å². The molecule has 0 radical (unpaired) electrons. The summed E-state index contributed by atoms with van der Waals surface area (Å²) in [6, 6.07) is 12.2. The fraction of sp³-hybridized carbons (Fsp3) is 0.0769. The number of halogens is 3. The van der Waals surface area contributed by atoms with Gasteiger partial charge in [0.1, 0.15) is 5.75 Å². The second-order valence-corrected chi connectivity index (χ2v) is 4.93. The van der Waals surface area contributed by atoms with Gasteiger partial charge in [0.2, 0.25) is 0 Å². The van der Waals surface area contributed by atoms with Gasteiger partial charge in [0.05, 0.1) is 0 Å². The first-order chi connectivity index (χ1) is 8.19. The Bertz CT molecular complexity index is 529. The van der Waals surface area contributed by atoms with Gasteiger partial charge >= 0.3 is 0 Å². The number of rotatable bonds is 3. The van der Waals surface area contributed by atoms with E-state index in [1.54, 1.807) is 18.2 Å². The molecule has 17 heavy (non-hydrogen) atoms. The lowest BCUT2D eigenvalue weighted by Gasteiger charge is -2.07. The zero-order valence-corrected chi connectivity index (χ0v) is 12.0. The molecule has 2 aromatic carbocycles. The molecule has 0 aliphatic heterocycles. The van der Waals surface area contributed by atoms with E-state index in [0.717, 1.165) is 10.0 Å². The summed E-state index contributed by atoms with van der Waals surface area (Å²) in [6.07, 6.45) is 0. The quantitative estimate of drug-likeness (QED) is 0.678. The molecule has 2 rings (SSSR count). The number of benzene rings is 2. The first-order valence-electron chi connectivity index (χ1n) is 4.97. The van der Waals surface area contributed by atoms with Crippen molar-refractivity contribution in [2.75, 3.05) is 0 Å². The lowest BCUT2D eigenvalue weighted by Crippen LogP contribution is -1.89. The maximum atomic E-state index is 13.7. The van der Waals surface area contributed by atoms with E-state index in [1.807, 2.05) is 18.2 Å². The van der Waals surface area contributed by atoms with Gasteiger partial charge in [0, 0.05) is 9.80 Å². The van der Waals surface area contributed by atoms with Crippen molar-refractivity contribution in [3.63, 3.8) is 0 Å². The Balaban J connectivity index is 2.24. The molecule has 0 aliphatic carbocycles. The molecule has 0 fully saturated rings. The highest BCUT2D eigenvalue weighted by atomic mass is 79.9. The molecule has 0 spiro atoms. The third-order valence-electron chi connectivity index (χ3n) is 2.17. The molecule has 1 nitrogen and oxygen atoms in total. The highest BCUT2D eigenvalue weighted by Gasteiger charge is 2.05. The van der Waals surface area contributed by atoms with Crippen molar-refractivity contribution in [2.45, 2.75) is 5.33 Å².